The zero-order valence-corrected chi connectivity index (χ0v) is 30.6. The lowest BCUT2D eigenvalue weighted by Crippen LogP contribution is -2.01. The van der Waals surface area contributed by atoms with E-state index in [4.69, 9.17) is 0 Å². The van der Waals surface area contributed by atoms with Gasteiger partial charge in [0.1, 0.15) is 0 Å². The molecule has 0 fully saturated rings. The second kappa shape index (κ2) is 12.9. The van der Waals surface area contributed by atoms with Crippen molar-refractivity contribution in [2.24, 2.45) is 0 Å². The number of hydrogen-bond donors (Lipinski definition) is 0. The molecule has 0 spiro atoms. The van der Waals surface area contributed by atoms with Gasteiger partial charge < -0.3 is 13.7 Å². The molecule has 0 N–H and O–H groups in total. The molecule has 262 valence electrons. The first-order valence-corrected chi connectivity index (χ1v) is 18.6. The molecule has 7 aromatic carbocycles. The van der Waals surface area contributed by atoms with Gasteiger partial charge in [-0.3, -0.25) is 0 Å². The van der Waals surface area contributed by atoms with Crippen LogP contribution in [0.5, 0.6) is 0 Å². The van der Waals surface area contributed by atoms with Crippen LogP contribution in [0.3, 0.4) is 0 Å². The Bertz CT molecular complexity index is 3370. The molecule has 0 amide bonds. The van der Waals surface area contributed by atoms with Crippen molar-refractivity contribution in [2.75, 3.05) is 0 Å². The van der Waals surface area contributed by atoms with Gasteiger partial charge in [0, 0.05) is 49.6 Å². The average molecular weight is 716 g/mol. The summed E-state index contributed by atoms with van der Waals surface area (Å²) in [6, 6.07) is 57.4. The van der Waals surface area contributed by atoms with Crippen LogP contribution in [-0.2, 0) is 0 Å². The molecule has 5 nitrogen and oxygen atoms in total. The number of para-hydroxylation sites is 4. The van der Waals surface area contributed by atoms with Crippen LogP contribution < -0.4 is 0 Å². The molecule has 10 rings (SSSR count). The lowest BCUT2D eigenvalue weighted by molar-refractivity contribution is 1.05. The molecular weight excluding hydrogens is 683 g/mol. The number of allylic oxidation sites excluding steroid dienone is 2. The Hall–Kier alpha value is -7.86. The zero-order valence-electron chi connectivity index (χ0n) is 30.6. The highest BCUT2D eigenvalue weighted by molar-refractivity contribution is 6.15. The second-order valence-electron chi connectivity index (χ2n) is 14.1. The van der Waals surface area contributed by atoms with Crippen molar-refractivity contribution < 1.29 is 0 Å². The third-order valence-electron chi connectivity index (χ3n) is 11.0. The summed E-state index contributed by atoms with van der Waals surface area (Å²) in [5, 5.41) is 25.7. The highest BCUT2D eigenvalue weighted by Gasteiger charge is 2.21. The van der Waals surface area contributed by atoms with Gasteiger partial charge in [-0.25, -0.2) is 0 Å². The van der Waals surface area contributed by atoms with Gasteiger partial charge in [0.05, 0.1) is 56.5 Å². The van der Waals surface area contributed by atoms with Crippen molar-refractivity contribution in [3.8, 4) is 40.3 Å². The topological polar surface area (TPSA) is 62.4 Å². The predicted molar refractivity (Wildman–Crippen MR) is 231 cm³/mol. The summed E-state index contributed by atoms with van der Waals surface area (Å²) in [5.74, 6) is 0. The molecule has 0 saturated heterocycles. The highest BCUT2D eigenvalue weighted by atomic mass is 15.1. The summed E-state index contributed by atoms with van der Waals surface area (Å²) in [4.78, 5) is 0. The van der Waals surface area contributed by atoms with E-state index in [9.17, 15) is 10.5 Å². The number of nitrogens with zero attached hydrogens (tertiary/aromatic N) is 5. The fourth-order valence-corrected chi connectivity index (χ4v) is 8.65. The van der Waals surface area contributed by atoms with Gasteiger partial charge in [0.25, 0.3) is 0 Å². The predicted octanol–water partition coefficient (Wildman–Crippen LogP) is 12.7. The number of benzene rings is 7. The third kappa shape index (κ3) is 4.93. The maximum absolute atomic E-state index is 10.3. The van der Waals surface area contributed by atoms with Gasteiger partial charge in [-0.15, -0.1) is 0 Å². The van der Waals surface area contributed by atoms with Gasteiger partial charge in [-0.05, 0) is 90.8 Å². The summed E-state index contributed by atoms with van der Waals surface area (Å²) in [5.41, 5.74) is 13.8. The highest BCUT2D eigenvalue weighted by Crippen LogP contribution is 2.41. The summed E-state index contributed by atoms with van der Waals surface area (Å²) in [6.45, 7) is 6.01. The number of aromatic nitrogens is 3. The van der Waals surface area contributed by atoms with Gasteiger partial charge in [0.2, 0.25) is 0 Å². The normalized spacial score (nSPS) is 11.6. The van der Waals surface area contributed by atoms with Crippen molar-refractivity contribution in [1.82, 2.24) is 13.7 Å². The van der Waals surface area contributed by atoms with Crippen molar-refractivity contribution in [2.45, 2.75) is 6.92 Å². The maximum Gasteiger partial charge on any atom is 0.0992 e. The largest absolute Gasteiger partial charge is 0.313 e. The van der Waals surface area contributed by atoms with E-state index in [0.717, 1.165) is 94.0 Å². The van der Waals surface area contributed by atoms with Crippen molar-refractivity contribution >= 4 is 60.6 Å². The Morgan fingerprint density at radius 2 is 1.12 bits per heavy atom. The van der Waals surface area contributed by atoms with E-state index in [1.165, 1.54) is 0 Å². The monoisotopic (exact) mass is 715 g/mol. The second-order valence-corrected chi connectivity index (χ2v) is 14.1. The van der Waals surface area contributed by atoms with Gasteiger partial charge >= 0.3 is 0 Å². The number of rotatable bonds is 6. The lowest BCUT2D eigenvalue weighted by atomic mass is 10.0. The van der Waals surface area contributed by atoms with E-state index >= 15 is 0 Å². The number of nitriles is 2. The minimum atomic E-state index is 0.591. The SMILES string of the molecule is C=C/C=C\c1c(C)n(-c2cc(C#N)cc(-c3cccc(-n4c5ccccc5c5cccc(-n6c7ccccc7c7cc(C#N)ccc76)c54)c3)c2)c2ccccc12. The van der Waals surface area contributed by atoms with Crippen molar-refractivity contribution in [3.63, 3.8) is 0 Å². The third-order valence-corrected chi connectivity index (χ3v) is 11.0. The van der Waals surface area contributed by atoms with E-state index in [1.54, 1.807) is 6.08 Å². The first-order valence-electron chi connectivity index (χ1n) is 18.6. The van der Waals surface area contributed by atoms with Crippen LogP contribution in [0, 0.1) is 29.6 Å². The van der Waals surface area contributed by atoms with Crippen LogP contribution in [-0.4, -0.2) is 13.7 Å². The Morgan fingerprint density at radius 3 is 1.88 bits per heavy atom. The Morgan fingerprint density at radius 1 is 0.500 bits per heavy atom. The minimum Gasteiger partial charge on any atom is -0.313 e. The molecule has 56 heavy (non-hydrogen) atoms. The molecule has 0 bridgehead atoms. The van der Waals surface area contributed by atoms with Crippen LogP contribution >= 0.6 is 0 Å². The number of fused-ring (bicyclic) bond motifs is 7. The first-order chi connectivity index (χ1) is 27.6. The fourth-order valence-electron chi connectivity index (χ4n) is 8.65. The summed E-state index contributed by atoms with van der Waals surface area (Å²) >= 11 is 0. The smallest absolute Gasteiger partial charge is 0.0992 e. The average Bonchev–Trinajstić information content (AvgIpc) is 3.87. The quantitative estimate of drug-likeness (QED) is 0.161. The molecule has 0 saturated carbocycles. The molecule has 0 unspecified atom stereocenters. The standard InChI is InChI=1S/C51H33N5/c1-3-4-15-40-33(2)54(46-20-8-5-16-41(40)46)39-27-35(32-53)26-37(30-39)36-13-11-14-38(29-36)55-47-21-9-6-17-42(47)44-19-12-23-50(51(44)55)56-48-22-10-7-18-43(48)45-28-34(31-52)24-25-49(45)56/h3-30H,1H2,2H3/b15-4-. The lowest BCUT2D eigenvalue weighted by Gasteiger charge is -2.16. The maximum atomic E-state index is 10.3. The Kier molecular flexibility index (Phi) is 7.56. The molecular formula is C51H33N5. The van der Waals surface area contributed by atoms with E-state index in [-0.39, 0.29) is 0 Å². The molecule has 3 aromatic heterocycles. The van der Waals surface area contributed by atoms with E-state index in [0.29, 0.717) is 11.1 Å². The minimum absolute atomic E-state index is 0.591. The van der Waals surface area contributed by atoms with E-state index in [1.807, 2.05) is 30.3 Å². The van der Waals surface area contributed by atoms with Crippen molar-refractivity contribution in [3.05, 3.63) is 193 Å². The van der Waals surface area contributed by atoms with Gasteiger partial charge in [0.15, 0.2) is 0 Å². The summed E-state index contributed by atoms with van der Waals surface area (Å²) in [7, 11) is 0. The molecule has 10 aromatic rings. The van der Waals surface area contributed by atoms with Crippen LogP contribution in [0.25, 0.3) is 88.8 Å². The fraction of sp³-hybridized carbons (Fsp3) is 0.0196. The molecule has 0 aliphatic rings. The van der Waals surface area contributed by atoms with Gasteiger partial charge in [-0.2, -0.15) is 10.5 Å². The molecule has 0 aliphatic carbocycles. The molecule has 0 aliphatic heterocycles. The number of hydrogen-bond acceptors (Lipinski definition) is 2. The van der Waals surface area contributed by atoms with Gasteiger partial charge in [-0.1, -0.05) is 104 Å². The first kappa shape index (κ1) is 32.8. The van der Waals surface area contributed by atoms with E-state index in [2.05, 4.69) is 173 Å². The van der Waals surface area contributed by atoms with Crippen LogP contribution in [0.15, 0.2) is 170 Å². The molecule has 5 heteroatoms. The van der Waals surface area contributed by atoms with Crippen LogP contribution in [0.2, 0.25) is 0 Å². The van der Waals surface area contributed by atoms with Crippen LogP contribution in [0.4, 0.5) is 0 Å². The summed E-state index contributed by atoms with van der Waals surface area (Å²) < 4.78 is 6.94. The Labute approximate surface area is 323 Å². The zero-order chi connectivity index (χ0) is 37.9. The molecule has 0 radical (unpaired) electrons. The molecule has 3 heterocycles. The van der Waals surface area contributed by atoms with Crippen molar-refractivity contribution in [1.29, 1.82) is 10.5 Å². The van der Waals surface area contributed by atoms with Crippen LogP contribution in [0.1, 0.15) is 22.4 Å². The van der Waals surface area contributed by atoms with E-state index < -0.39 is 0 Å². The Balaban J connectivity index is 1.21. The molecule has 0 atom stereocenters. The summed E-state index contributed by atoms with van der Waals surface area (Å²) in [6.07, 6.45) is 5.86.